The summed E-state index contributed by atoms with van der Waals surface area (Å²) in [7, 11) is 0. The zero-order valence-electron chi connectivity index (χ0n) is 25.5. The summed E-state index contributed by atoms with van der Waals surface area (Å²) in [5.41, 5.74) is 12.0. The summed E-state index contributed by atoms with van der Waals surface area (Å²) in [6.45, 7) is 4.65. The molecule has 0 bridgehead atoms. The molecule has 0 saturated heterocycles. The fraction of sp³-hybridized carbons (Fsp3) is 0.0714. The third-order valence-electron chi connectivity index (χ3n) is 9.30. The molecule has 46 heavy (non-hydrogen) atoms. The molecule has 0 atom stereocenters. The Morgan fingerprint density at radius 1 is 0.435 bits per heavy atom. The van der Waals surface area contributed by atoms with E-state index in [1.807, 2.05) is 72.8 Å². The molecule has 8 aromatic rings. The Balaban J connectivity index is 1.20. The normalized spacial score (nSPS) is 13.2. The maximum absolute atomic E-state index is 6.31. The van der Waals surface area contributed by atoms with Crippen molar-refractivity contribution in [3.05, 3.63) is 151 Å². The number of hydrogen-bond donors (Lipinski definition) is 0. The van der Waals surface area contributed by atoms with Crippen LogP contribution in [0, 0.1) is 0 Å². The smallest absolute Gasteiger partial charge is 0.164 e. The predicted molar refractivity (Wildman–Crippen MR) is 186 cm³/mol. The average Bonchev–Trinajstić information content (AvgIpc) is 3.59. The number of fused-ring (bicyclic) bond motifs is 6. The van der Waals surface area contributed by atoms with Gasteiger partial charge in [-0.2, -0.15) is 0 Å². The molecule has 6 aromatic carbocycles. The van der Waals surface area contributed by atoms with Crippen LogP contribution in [-0.4, -0.2) is 15.0 Å². The van der Waals surface area contributed by atoms with Crippen molar-refractivity contribution in [3.8, 4) is 56.4 Å². The summed E-state index contributed by atoms with van der Waals surface area (Å²) >= 11 is 0. The molecule has 2 heterocycles. The van der Waals surface area contributed by atoms with Gasteiger partial charge in [0.05, 0.1) is 0 Å². The zero-order chi connectivity index (χ0) is 30.8. The van der Waals surface area contributed by atoms with Gasteiger partial charge in [0.25, 0.3) is 0 Å². The first kappa shape index (κ1) is 26.5. The van der Waals surface area contributed by atoms with E-state index in [-0.39, 0.29) is 5.41 Å². The molecule has 4 nitrogen and oxygen atoms in total. The minimum atomic E-state index is -0.224. The number of benzene rings is 6. The molecule has 0 fully saturated rings. The molecule has 1 aliphatic carbocycles. The molecule has 9 rings (SSSR count). The maximum atomic E-state index is 6.31. The highest BCUT2D eigenvalue weighted by atomic mass is 16.3. The van der Waals surface area contributed by atoms with Crippen molar-refractivity contribution in [1.82, 2.24) is 15.0 Å². The van der Waals surface area contributed by atoms with Crippen LogP contribution in [-0.2, 0) is 5.41 Å². The van der Waals surface area contributed by atoms with Crippen molar-refractivity contribution in [2.24, 2.45) is 0 Å². The van der Waals surface area contributed by atoms with Gasteiger partial charge < -0.3 is 4.42 Å². The molecule has 0 amide bonds. The van der Waals surface area contributed by atoms with Gasteiger partial charge in [-0.1, -0.05) is 129 Å². The molecule has 0 saturated carbocycles. The number of hydrogen-bond acceptors (Lipinski definition) is 4. The molecule has 0 radical (unpaired) electrons. The number of para-hydroxylation sites is 1. The Labute approximate surface area is 267 Å². The second-order valence-corrected chi connectivity index (χ2v) is 12.5. The minimum absolute atomic E-state index is 0.224. The summed E-state index contributed by atoms with van der Waals surface area (Å²) in [4.78, 5) is 14.8. The number of rotatable bonds is 4. The Morgan fingerprint density at radius 2 is 1.00 bits per heavy atom. The lowest BCUT2D eigenvalue weighted by Gasteiger charge is -2.24. The van der Waals surface area contributed by atoms with Crippen LogP contribution >= 0.6 is 0 Å². The highest BCUT2D eigenvalue weighted by molar-refractivity contribution is 6.08. The lowest BCUT2D eigenvalue weighted by molar-refractivity contribution is 0.648. The van der Waals surface area contributed by atoms with Crippen molar-refractivity contribution < 1.29 is 4.42 Å². The largest absolute Gasteiger partial charge is 0.456 e. The van der Waals surface area contributed by atoms with E-state index >= 15 is 0 Å². The van der Waals surface area contributed by atoms with Gasteiger partial charge in [0.15, 0.2) is 17.5 Å². The van der Waals surface area contributed by atoms with Gasteiger partial charge >= 0.3 is 0 Å². The number of nitrogens with zero attached hydrogens (tertiary/aromatic N) is 3. The topological polar surface area (TPSA) is 51.8 Å². The van der Waals surface area contributed by atoms with Gasteiger partial charge in [-0.25, -0.2) is 15.0 Å². The van der Waals surface area contributed by atoms with E-state index in [9.17, 15) is 0 Å². The molecule has 218 valence electrons. The second kappa shape index (κ2) is 10.1. The first-order chi connectivity index (χ1) is 22.5. The molecule has 0 N–H and O–H groups in total. The molecular formula is C42H29N3O. The van der Waals surface area contributed by atoms with E-state index in [0.717, 1.165) is 44.2 Å². The quantitative estimate of drug-likeness (QED) is 0.204. The van der Waals surface area contributed by atoms with Crippen molar-refractivity contribution >= 4 is 21.9 Å². The van der Waals surface area contributed by atoms with Crippen LogP contribution in [0.15, 0.2) is 144 Å². The van der Waals surface area contributed by atoms with Crippen LogP contribution in [0.5, 0.6) is 0 Å². The number of aromatic nitrogens is 3. The first-order valence-corrected chi connectivity index (χ1v) is 15.6. The Morgan fingerprint density at radius 3 is 1.72 bits per heavy atom. The summed E-state index contributed by atoms with van der Waals surface area (Å²) in [5.74, 6) is 1.96. The summed E-state index contributed by atoms with van der Waals surface area (Å²) in [6, 6.07) is 48.3. The highest BCUT2D eigenvalue weighted by Crippen LogP contribution is 2.53. The lowest BCUT2D eigenvalue weighted by atomic mass is 9.78. The summed E-state index contributed by atoms with van der Waals surface area (Å²) < 4.78 is 6.31. The standard InChI is InChI=1S/C42H29N3O/c1-42(2)35-25-37-34(31-19-9-10-22-36(31)46-37)24-33(35)32-21-12-20-30(38(32)42)28-17-11-18-29(23-28)41-44-39(26-13-5-3-6-14-26)43-40(45-41)27-15-7-4-8-16-27/h3-25H,1-2H3. The Kier molecular flexibility index (Phi) is 5.81. The fourth-order valence-electron chi connectivity index (χ4n) is 7.10. The summed E-state index contributed by atoms with van der Waals surface area (Å²) in [6.07, 6.45) is 0. The average molecular weight is 592 g/mol. The van der Waals surface area contributed by atoms with Crippen molar-refractivity contribution in [2.45, 2.75) is 19.3 Å². The van der Waals surface area contributed by atoms with Crippen LogP contribution in [0.25, 0.3) is 78.4 Å². The molecule has 2 aromatic heterocycles. The van der Waals surface area contributed by atoms with Crippen LogP contribution in [0.1, 0.15) is 25.0 Å². The van der Waals surface area contributed by atoms with Crippen molar-refractivity contribution in [2.75, 3.05) is 0 Å². The third kappa shape index (κ3) is 4.11. The number of furan rings is 1. The highest BCUT2D eigenvalue weighted by Gasteiger charge is 2.38. The maximum Gasteiger partial charge on any atom is 0.164 e. The van der Waals surface area contributed by atoms with Gasteiger partial charge in [-0.05, 0) is 57.6 Å². The van der Waals surface area contributed by atoms with Crippen LogP contribution in [0.2, 0.25) is 0 Å². The molecule has 0 spiro atoms. The third-order valence-corrected chi connectivity index (χ3v) is 9.30. The zero-order valence-corrected chi connectivity index (χ0v) is 25.5. The molecule has 4 heteroatoms. The van der Waals surface area contributed by atoms with Crippen molar-refractivity contribution in [1.29, 1.82) is 0 Å². The second-order valence-electron chi connectivity index (χ2n) is 12.5. The van der Waals surface area contributed by atoms with Crippen LogP contribution in [0.4, 0.5) is 0 Å². The van der Waals surface area contributed by atoms with Crippen molar-refractivity contribution in [3.63, 3.8) is 0 Å². The Bertz CT molecular complexity index is 2380. The van der Waals surface area contributed by atoms with E-state index in [2.05, 4.69) is 80.6 Å². The van der Waals surface area contributed by atoms with E-state index in [1.54, 1.807) is 0 Å². The monoisotopic (exact) mass is 591 g/mol. The molecule has 1 aliphatic rings. The molecule has 0 aliphatic heterocycles. The molecular weight excluding hydrogens is 562 g/mol. The van der Waals surface area contributed by atoms with Gasteiger partial charge in [0, 0.05) is 32.9 Å². The first-order valence-electron chi connectivity index (χ1n) is 15.6. The molecule has 0 unspecified atom stereocenters. The van der Waals surface area contributed by atoms with E-state index in [0.29, 0.717) is 17.5 Å². The SMILES string of the molecule is CC1(C)c2cc3oc4ccccc4c3cc2-c2cccc(-c3cccc(-c4nc(-c5ccccc5)nc(-c5ccccc5)n4)c3)c21. The Hall–Kier alpha value is -5.87. The van der Waals surface area contributed by atoms with Crippen LogP contribution in [0.3, 0.4) is 0 Å². The van der Waals surface area contributed by atoms with E-state index < -0.39 is 0 Å². The van der Waals surface area contributed by atoms with Crippen LogP contribution < -0.4 is 0 Å². The van der Waals surface area contributed by atoms with E-state index in [1.165, 1.54) is 27.8 Å². The minimum Gasteiger partial charge on any atom is -0.456 e. The van der Waals surface area contributed by atoms with Gasteiger partial charge in [-0.3, -0.25) is 0 Å². The summed E-state index contributed by atoms with van der Waals surface area (Å²) in [5, 5.41) is 2.31. The van der Waals surface area contributed by atoms with E-state index in [4.69, 9.17) is 19.4 Å². The fourth-order valence-corrected chi connectivity index (χ4v) is 7.10. The van der Waals surface area contributed by atoms with Gasteiger partial charge in [0.2, 0.25) is 0 Å². The predicted octanol–water partition coefficient (Wildman–Crippen LogP) is 10.7. The lowest BCUT2D eigenvalue weighted by Crippen LogP contribution is -2.16. The van der Waals surface area contributed by atoms with Gasteiger partial charge in [-0.15, -0.1) is 0 Å². The van der Waals surface area contributed by atoms with Gasteiger partial charge in [0.1, 0.15) is 11.2 Å².